The molecule has 0 amide bonds. The lowest BCUT2D eigenvalue weighted by molar-refractivity contribution is -0.136. The van der Waals surface area contributed by atoms with E-state index in [4.69, 9.17) is 5.11 Å². The second kappa shape index (κ2) is 4.65. The van der Waals surface area contributed by atoms with E-state index in [9.17, 15) is 4.79 Å². The largest absolute Gasteiger partial charge is 0.481 e. The van der Waals surface area contributed by atoms with Crippen LogP contribution in [0.15, 0.2) is 12.3 Å². The van der Waals surface area contributed by atoms with Crippen molar-refractivity contribution in [2.75, 3.05) is 0 Å². The van der Waals surface area contributed by atoms with Crippen LogP contribution in [0.2, 0.25) is 0 Å². The van der Waals surface area contributed by atoms with E-state index in [1.54, 1.807) is 15.4 Å². The number of nitrogens with zero attached hydrogens (tertiary/aromatic N) is 6. The Balaban J connectivity index is 2.23. The molecule has 0 saturated carbocycles. The highest BCUT2D eigenvalue weighted by molar-refractivity contribution is 5.70. The molecule has 0 fully saturated rings. The summed E-state index contributed by atoms with van der Waals surface area (Å²) in [5.74, 6) is -0.353. The van der Waals surface area contributed by atoms with E-state index in [2.05, 4.69) is 20.2 Å². The Morgan fingerprint density at radius 3 is 2.71 bits per heavy atom. The van der Waals surface area contributed by atoms with Crippen molar-refractivity contribution in [3.63, 3.8) is 0 Å². The van der Waals surface area contributed by atoms with E-state index in [1.807, 2.05) is 27.0 Å². The van der Waals surface area contributed by atoms with E-state index in [1.165, 1.54) is 0 Å². The molecule has 0 bridgehead atoms. The molecular weight excluding hydrogens is 272 g/mol. The highest BCUT2D eigenvalue weighted by Gasteiger charge is 2.17. The highest BCUT2D eigenvalue weighted by Crippen LogP contribution is 2.26. The molecule has 0 spiro atoms. The molecule has 0 atom stereocenters. The molecule has 0 saturated heterocycles. The van der Waals surface area contributed by atoms with E-state index < -0.39 is 5.97 Å². The van der Waals surface area contributed by atoms with Crippen LogP contribution in [0.1, 0.15) is 17.2 Å². The molecule has 21 heavy (non-hydrogen) atoms. The maximum atomic E-state index is 10.8. The molecule has 0 aliphatic heterocycles. The van der Waals surface area contributed by atoms with Crippen LogP contribution in [-0.4, -0.2) is 40.4 Å². The summed E-state index contributed by atoms with van der Waals surface area (Å²) in [5, 5.41) is 17.5. The summed E-state index contributed by atoms with van der Waals surface area (Å²) < 4.78 is 3.36. The lowest BCUT2D eigenvalue weighted by Crippen LogP contribution is -2.02. The molecule has 0 aliphatic carbocycles. The van der Waals surface area contributed by atoms with Crippen LogP contribution in [0.4, 0.5) is 0 Å². The van der Waals surface area contributed by atoms with Gasteiger partial charge in [-0.3, -0.25) is 9.48 Å². The first-order valence-corrected chi connectivity index (χ1v) is 6.40. The number of carboxylic acids is 1. The van der Waals surface area contributed by atoms with Crippen molar-refractivity contribution in [2.45, 2.75) is 20.3 Å². The first-order valence-electron chi connectivity index (χ1n) is 6.40. The number of aliphatic carboxylic acids is 1. The van der Waals surface area contributed by atoms with Gasteiger partial charge in [-0.15, -0.1) is 5.10 Å². The Kier molecular flexibility index (Phi) is 2.93. The monoisotopic (exact) mass is 286 g/mol. The number of hydrogen-bond acceptors (Lipinski definition) is 5. The zero-order valence-electron chi connectivity index (χ0n) is 11.9. The van der Waals surface area contributed by atoms with E-state index >= 15 is 0 Å². The van der Waals surface area contributed by atoms with Gasteiger partial charge in [0.1, 0.15) is 6.42 Å². The minimum Gasteiger partial charge on any atom is -0.481 e. The predicted octanol–water partition coefficient (Wildman–Crippen LogP) is 0.769. The summed E-state index contributed by atoms with van der Waals surface area (Å²) in [4.78, 5) is 19.1. The molecule has 3 aromatic rings. The van der Waals surface area contributed by atoms with Crippen LogP contribution < -0.4 is 0 Å². The fourth-order valence-corrected chi connectivity index (χ4v) is 2.38. The third kappa shape index (κ3) is 2.14. The number of carboxylic acid groups (broad SMARTS) is 1. The first-order chi connectivity index (χ1) is 9.97. The third-order valence-corrected chi connectivity index (χ3v) is 3.36. The molecule has 3 rings (SSSR count). The lowest BCUT2D eigenvalue weighted by atomic mass is 10.1. The van der Waals surface area contributed by atoms with E-state index in [-0.39, 0.29) is 12.2 Å². The topological polar surface area (TPSA) is 98.2 Å². The fraction of sp³-hybridized carbons (Fsp3) is 0.308. The molecule has 0 aromatic carbocycles. The van der Waals surface area contributed by atoms with Gasteiger partial charge in [0.05, 0.1) is 11.4 Å². The van der Waals surface area contributed by atoms with Crippen molar-refractivity contribution in [3.05, 3.63) is 29.5 Å². The second-order valence-corrected chi connectivity index (χ2v) is 4.81. The SMILES string of the molecule is Cc1nn(C)c(C)c1-c1ccnc2nc(CC(=O)O)nn12. The van der Waals surface area contributed by atoms with Gasteiger partial charge in [-0.2, -0.15) is 14.6 Å². The summed E-state index contributed by atoms with van der Waals surface area (Å²) in [6.07, 6.45) is 1.41. The van der Waals surface area contributed by atoms with Crippen LogP contribution in [0.25, 0.3) is 17.0 Å². The van der Waals surface area contributed by atoms with Gasteiger partial charge in [0.25, 0.3) is 5.78 Å². The predicted molar refractivity (Wildman–Crippen MR) is 73.8 cm³/mol. The summed E-state index contributed by atoms with van der Waals surface area (Å²) in [5.41, 5.74) is 3.62. The molecular formula is C13H14N6O2. The van der Waals surface area contributed by atoms with Gasteiger partial charge in [0, 0.05) is 24.5 Å². The zero-order chi connectivity index (χ0) is 15.1. The summed E-state index contributed by atoms with van der Waals surface area (Å²) >= 11 is 0. The van der Waals surface area contributed by atoms with Gasteiger partial charge in [-0.1, -0.05) is 0 Å². The van der Waals surface area contributed by atoms with Crippen LogP contribution >= 0.6 is 0 Å². The molecule has 0 unspecified atom stereocenters. The average Bonchev–Trinajstić information content (AvgIpc) is 2.90. The smallest absolute Gasteiger partial charge is 0.311 e. The second-order valence-electron chi connectivity index (χ2n) is 4.81. The van der Waals surface area contributed by atoms with Crippen molar-refractivity contribution in [3.8, 4) is 11.3 Å². The van der Waals surface area contributed by atoms with Gasteiger partial charge < -0.3 is 5.11 Å². The molecule has 0 aliphatic rings. The Bertz CT molecular complexity index is 848. The average molecular weight is 286 g/mol. The summed E-state index contributed by atoms with van der Waals surface area (Å²) in [6, 6.07) is 1.82. The Morgan fingerprint density at radius 1 is 1.33 bits per heavy atom. The number of aryl methyl sites for hydroxylation is 2. The lowest BCUT2D eigenvalue weighted by Gasteiger charge is -2.04. The zero-order valence-corrected chi connectivity index (χ0v) is 11.9. The Labute approximate surface area is 120 Å². The van der Waals surface area contributed by atoms with Gasteiger partial charge in [-0.05, 0) is 19.9 Å². The number of rotatable bonds is 3. The number of aromatic nitrogens is 6. The molecule has 3 aromatic heterocycles. The first kappa shape index (κ1) is 13.2. The van der Waals surface area contributed by atoms with Crippen molar-refractivity contribution >= 4 is 11.7 Å². The quantitative estimate of drug-likeness (QED) is 0.763. The molecule has 1 N–H and O–H groups in total. The summed E-state index contributed by atoms with van der Waals surface area (Å²) in [7, 11) is 1.88. The minimum atomic E-state index is -0.971. The molecule has 108 valence electrons. The van der Waals surface area contributed by atoms with Crippen molar-refractivity contribution in [1.29, 1.82) is 0 Å². The van der Waals surface area contributed by atoms with Gasteiger partial charge in [0.15, 0.2) is 5.82 Å². The number of carbonyl (C=O) groups is 1. The van der Waals surface area contributed by atoms with E-state index in [0.717, 1.165) is 22.6 Å². The third-order valence-electron chi connectivity index (χ3n) is 3.36. The number of hydrogen-bond donors (Lipinski definition) is 1. The minimum absolute atomic E-state index is 0.228. The van der Waals surface area contributed by atoms with Crippen molar-refractivity contribution in [2.24, 2.45) is 7.05 Å². The van der Waals surface area contributed by atoms with Gasteiger partial charge in [0.2, 0.25) is 0 Å². The van der Waals surface area contributed by atoms with Crippen LogP contribution in [0, 0.1) is 13.8 Å². The maximum absolute atomic E-state index is 10.8. The number of fused-ring (bicyclic) bond motifs is 1. The highest BCUT2D eigenvalue weighted by atomic mass is 16.4. The normalized spacial score (nSPS) is 11.2. The standard InChI is InChI=1S/C13H14N6O2/c1-7-12(8(2)18(3)16-7)9-4-5-14-13-15-10(6-11(20)21)17-19(9)13/h4-5H,6H2,1-3H3,(H,20,21). The van der Waals surface area contributed by atoms with Crippen LogP contribution in [-0.2, 0) is 18.3 Å². The van der Waals surface area contributed by atoms with Crippen molar-refractivity contribution < 1.29 is 9.90 Å². The summed E-state index contributed by atoms with van der Waals surface area (Å²) in [6.45, 7) is 3.89. The van der Waals surface area contributed by atoms with E-state index in [0.29, 0.717) is 5.78 Å². The van der Waals surface area contributed by atoms with Crippen molar-refractivity contribution in [1.82, 2.24) is 29.4 Å². The molecule has 3 heterocycles. The van der Waals surface area contributed by atoms with Gasteiger partial charge in [-0.25, -0.2) is 4.98 Å². The Hall–Kier alpha value is -2.77. The van der Waals surface area contributed by atoms with Crippen LogP contribution in [0.5, 0.6) is 0 Å². The molecule has 0 radical (unpaired) electrons. The van der Waals surface area contributed by atoms with Crippen LogP contribution in [0.3, 0.4) is 0 Å². The molecule has 8 nitrogen and oxygen atoms in total. The van der Waals surface area contributed by atoms with Gasteiger partial charge >= 0.3 is 5.97 Å². The Morgan fingerprint density at radius 2 is 2.10 bits per heavy atom. The maximum Gasteiger partial charge on any atom is 0.311 e. The molecule has 8 heteroatoms. The fourth-order valence-electron chi connectivity index (χ4n) is 2.38.